The zero-order valence-corrected chi connectivity index (χ0v) is 23.7. The fourth-order valence-electron chi connectivity index (χ4n) is 4.65. The van der Waals surface area contributed by atoms with Gasteiger partial charge < -0.3 is 20.7 Å². The summed E-state index contributed by atoms with van der Waals surface area (Å²) in [5.74, 6) is -0.253. The molecule has 2 amide bonds. The molecular formula is C30H28F3N5O3S. The van der Waals surface area contributed by atoms with Gasteiger partial charge in [-0.3, -0.25) is 14.6 Å². The molecule has 218 valence electrons. The average Bonchev–Trinajstić information content (AvgIpc) is 3.37. The molecule has 4 heterocycles. The lowest BCUT2D eigenvalue weighted by Crippen LogP contribution is -2.55. The summed E-state index contributed by atoms with van der Waals surface area (Å²) in [5.41, 5.74) is 5.89. The van der Waals surface area contributed by atoms with Crippen molar-refractivity contribution < 1.29 is 27.5 Å². The molecule has 0 saturated carbocycles. The number of morpholine rings is 1. The summed E-state index contributed by atoms with van der Waals surface area (Å²) in [7, 11) is 0. The Morgan fingerprint density at radius 1 is 1.14 bits per heavy atom. The Bertz CT molecular complexity index is 1650. The monoisotopic (exact) mass is 595 g/mol. The van der Waals surface area contributed by atoms with E-state index in [4.69, 9.17) is 10.5 Å². The van der Waals surface area contributed by atoms with E-state index in [0.717, 1.165) is 17.4 Å². The lowest BCUT2D eigenvalue weighted by Gasteiger charge is -2.42. The Kier molecular flexibility index (Phi) is 8.02. The average molecular weight is 596 g/mol. The molecule has 1 aliphatic rings. The highest BCUT2D eigenvalue weighted by Crippen LogP contribution is 2.41. The van der Waals surface area contributed by atoms with Gasteiger partial charge in [0.1, 0.15) is 5.82 Å². The number of anilines is 1. The van der Waals surface area contributed by atoms with Crippen LogP contribution < -0.4 is 11.1 Å². The summed E-state index contributed by atoms with van der Waals surface area (Å²) in [5, 5.41) is 3.08. The normalized spacial score (nSPS) is 15.3. The van der Waals surface area contributed by atoms with Gasteiger partial charge in [0.05, 0.1) is 42.1 Å². The second-order valence-electron chi connectivity index (χ2n) is 10.5. The Labute approximate surface area is 244 Å². The summed E-state index contributed by atoms with van der Waals surface area (Å²) in [4.78, 5) is 36.0. The number of alkyl halides is 3. The number of hydrogen-bond donors (Lipinski definition) is 2. The summed E-state index contributed by atoms with van der Waals surface area (Å²) < 4.78 is 47.9. The number of pyridine rings is 2. The van der Waals surface area contributed by atoms with E-state index in [1.165, 1.54) is 18.5 Å². The molecule has 5 rings (SSSR count). The standard InChI is InChI=1S/C30H28F3N5O3S/c1-29(2)17-41-10-9-38(29)28(40)19-5-6-24(35-15-19)20-11-21-12-22(42-27(21)23(13-20)30(31,32)33)16-37-26(39)8-4-18-3-7-25(34)36-14-18/h3-8,11-15H,9-10,16-17H2,1-2H3,(H2,34,36)(H,37,39)/b8-4+. The zero-order chi connectivity index (χ0) is 30.1. The van der Waals surface area contributed by atoms with Gasteiger partial charge in [-0.25, -0.2) is 4.98 Å². The van der Waals surface area contributed by atoms with E-state index in [2.05, 4.69) is 15.3 Å². The first kappa shape index (κ1) is 29.2. The van der Waals surface area contributed by atoms with E-state index in [-0.39, 0.29) is 22.7 Å². The van der Waals surface area contributed by atoms with Crippen LogP contribution in [0.5, 0.6) is 0 Å². The third kappa shape index (κ3) is 6.44. The van der Waals surface area contributed by atoms with Crippen molar-refractivity contribution in [3.8, 4) is 11.3 Å². The second-order valence-corrected chi connectivity index (χ2v) is 11.6. The highest BCUT2D eigenvalue weighted by Gasteiger charge is 2.35. The zero-order valence-electron chi connectivity index (χ0n) is 22.9. The predicted molar refractivity (Wildman–Crippen MR) is 156 cm³/mol. The maximum absolute atomic E-state index is 14.1. The molecule has 3 aromatic heterocycles. The van der Waals surface area contributed by atoms with E-state index >= 15 is 0 Å². The molecule has 0 spiro atoms. The Morgan fingerprint density at radius 2 is 1.95 bits per heavy atom. The molecule has 3 N–H and O–H groups in total. The number of nitrogen functional groups attached to an aromatic ring is 1. The number of aromatic nitrogens is 2. The van der Waals surface area contributed by atoms with Crippen molar-refractivity contribution >= 4 is 45.1 Å². The maximum Gasteiger partial charge on any atom is 0.417 e. The van der Waals surface area contributed by atoms with Gasteiger partial charge >= 0.3 is 6.18 Å². The summed E-state index contributed by atoms with van der Waals surface area (Å²) >= 11 is 0.971. The summed E-state index contributed by atoms with van der Waals surface area (Å²) in [6, 6.07) is 10.8. The van der Waals surface area contributed by atoms with E-state index in [1.807, 2.05) is 13.8 Å². The van der Waals surface area contributed by atoms with Crippen molar-refractivity contribution in [3.05, 3.63) is 82.5 Å². The number of hydrogen-bond acceptors (Lipinski definition) is 7. The number of nitrogens with two attached hydrogens (primary N) is 1. The van der Waals surface area contributed by atoms with Gasteiger partial charge in [-0.05, 0) is 73.3 Å². The molecule has 1 aromatic carbocycles. The van der Waals surface area contributed by atoms with Gasteiger partial charge in [0.2, 0.25) is 5.91 Å². The van der Waals surface area contributed by atoms with Gasteiger partial charge in [0.25, 0.3) is 5.91 Å². The summed E-state index contributed by atoms with van der Waals surface area (Å²) in [6.45, 7) is 5.17. The molecule has 0 radical (unpaired) electrons. The molecule has 0 bridgehead atoms. The van der Waals surface area contributed by atoms with Gasteiger partial charge in [-0.1, -0.05) is 0 Å². The minimum Gasteiger partial charge on any atom is -0.384 e. The third-order valence-electron chi connectivity index (χ3n) is 6.84. The number of carbonyl (C=O) groups is 2. The van der Waals surface area contributed by atoms with Crippen molar-refractivity contribution in [2.45, 2.75) is 32.1 Å². The van der Waals surface area contributed by atoms with Crippen LogP contribution in [0.15, 0.2) is 60.9 Å². The van der Waals surface area contributed by atoms with E-state index < -0.39 is 23.2 Å². The number of amides is 2. The first-order valence-corrected chi connectivity index (χ1v) is 13.9. The molecule has 1 fully saturated rings. The van der Waals surface area contributed by atoms with Crippen LogP contribution in [0.1, 0.15) is 40.2 Å². The Balaban J connectivity index is 1.36. The third-order valence-corrected chi connectivity index (χ3v) is 8.03. The molecule has 0 unspecified atom stereocenters. The molecule has 8 nitrogen and oxygen atoms in total. The van der Waals surface area contributed by atoms with Crippen LogP contribution in [-0.4, -0.2) is 52.0 Å². The first-order valence-electron chi connectivity index (χ1n) is 13.1. The number of ether oxygens (including phenoxy) is 1. The number of halogens is 3. The first-order chi connectivity index (χ1) is 19.9. The molecule has 1 aliphatic heterocycles. The van der Waals surface area contributed by atoms with Crippen molar-refractivity contribution in [1.82, 2.24) is 20.2 Å². The molecule has 0 aliphatic carbocycles. The highest BCUT2D eigenvalue weighted by atomic mass is 32.1. The number of fused-ring (bicyclic) bond motifs is 1. The fourth-order valence-corrected chi connectivity index (χ4v) is 5.77. The van der Waals surface area contributed by atoms with Crippen LogP contribution in [0, 0.1) is 0 Å². The van der Waals surface area contributed by atoms with Crippen LogP contribution in [0.2, 0.25) is 0 Å². The topological polar surface area (TPSA) is 110 Å². The van der Waals surface area contributed by atoms with Crippen molar-refractivity contribution in [1.29, 1.82) is 0 Å². The number of rotatable bonds is 6. The fraction of sp³-hybridized carbons (Fsp3) is 0.267. The van der Waals surface area contributed by atoms with Gasteiger partial charge in [-0.15, -0.1) is 11.3 Å². The number of benzene rings is 1. The minimum atomic E-state index is -4.60. The van der Waals surface area contributed by atoms with Crippen LogP contribution in [-0.2, 0) is 22.3 Å². The highest BCUT2D eigenvalue weighted by molar-refractivity contribution is 7.19. The molecule has 4 aromatic rings. The van der Waals surface area contributed by atoms with Gasteiger partial charge in [-0.2, -0.15) is 13.2 Å². The number of thiophene rings is 1. The SMILES string of the molecule is CC1(C)COCCN1C(=O)c1ccc(-c2cc(C(F)(F)F)c3sc(CNC(=O)/C=C/c4ccc(N)nc4)cc3c2)nc1. The number of nitrogens with one attached hydrogen (secondary N) is 1. The lowest BCUT2D eigenvalue weighted by atomic mass is 10.0. The predicted octanol–water partition coefficient (Wildman–Crippen LogP) is 5.54. The van der Waals surface area contributed by atoms with Crippen molar-refractivity contribution in [3.63, 3.8) is 0 Å². The van der Waals surface area contributed by atoms with Crippen molar-refractivity contribution in [2.75, 3.05) is 25.5 Å². The van der Waals surface area contributed by atoms with Gasteiger partial charge in [0.15, 0.2) is 0 Å². The lowest BCUT2D eigenvalue weighted by molar-refractivity contribution is -0.136. The molecule has 12 heteroatoms. The maximum atomic E-state index is 14.1. The largest absolute Gasteiger partial charge is 0.417 e. The van der Waals surface area contributed by atoms with Crippen molar-refractivity contribution in [2.24, 2.45) is 0 Å². The molecule has 0 atom stereocenters. The minimum absolute atomic E-state index is 0.0576. The number of nitrogens with zero attached hydrogens (tertiary/aromatic N) is 3. The molecule has 42 heavy (non-hydrogen) atoms. The summed E-state index contributed by atoms with van der Waals surface area (Å²) in [6.07, 6.45) is 1.19. The van der Waals surface area contributed by atoms with E-state index in [1.54, 1.807) is 47.4 Å². The van der Waals surface area contributed by atoms with Crippen LogP contribution in [0.4, 0.5) is 19.0 Å². The Morgan fingerprint density at radius 3 is 2.62 bits per heavy atom. The van der Waals surface area contributed by atoms with E-state index in [0.29, 0.717) is 52.7 Å². The van der Waals surface area contributed by atoms with Crippen LogP contribution in [0.25, 0.3) is 27.4 Å². The Hall–Kier alpha value is -4.29. The van der Waals surface area contributed by atoms with Gasteiger partial charge in [0, 0.05) is 40.2 Å². The van der Waals surface area contributed by atoms with Crippen LogP contribution in [0.3, 0.4) is 0 Å². The van der Waals surface area contributed by atoms with Crippen LogP contribution >= 0.6 is 11.3 Å². The number of carbonyl (C=O) groups excluding carboxylic acids is 2. The molecular weight excluding hydrogens is 567 g/mol. The smallest absolute Gasteiger partial charge is 0.384 e. The van der Waals surface area contributed by atoms with E-state index in [9.17, 15) is 22.8 Å². The molecule has 1 saturated heterocycles. The quantitative estimate of drug-likeness (QED) is 0.283. The second kappa shape index (κ2) is 11.5.